The van der Waals surface area contributed by atoms with Crippen molar-refractivity contribution in [3.8, 4) is 0 Å². The van der Waals surface area contributed by atoms with Crippen LogP contribution in [0.5, 0.6) is 0 Å². The predicted molar refractivity (Wildman–Crippen MR) is 87.7 cm³/mol. The smallest absolute Gasteiger partial charge is 0.236 e. The minimum Gasteiger partial charge on any atom is -0.342 e. The lowest BCUT2D eigenvalue weighted by Gasteiger charge is -2.32. The van der Waals surface area contributed by atoms with E-state index in [1.54, 1.807) is 0 Å². The van der Waals surface area contributed by atoms with Gasteiger partial charge >= 0.3 is 0 Å². The minimum absolute atomic E-state index is 0.0414. The number of piperidine rings is 1. The normalized spacial score (nSPS) is 18.1. The van der Waals surface area contributed by atoms with Gasteiger partial charge in [-0.05, 0) is 31.4 Å². The molecule has 0 aliphatic carbocycles. The Labute approximate surface area is 133 Å². The van der Waals surface area contributed by atoms with E-state index in [0.717, 1.165) is 49.2 Å². The number of carbonyl (C=O) groups is 1. The lowest BCUT2D eigenvalue weighted by atomic mass is 9.96. The molecule has 0 spiro atoms. The van der Waals surface area contributed by atoms with Gasteiger partial charge in [0.2, 0.25) is 5.91 Å². The molecule has 1 fully saturated rings. The third-order valence-corrected chi connectivity index (χ3v) is 5.27. The maximum absolute atomic E-state index is 12.2. The molecule has 2 aromatic rings. The van der Waals surface area contributed by atoms with E-state index >= 15 is 0 Å². The Hall–Kier alpha value is -1.36. The number of fused-ring (bicyclic) bond motifs is 1. The number of H-pyrrole nitrogens is 1. The first-order valence-corrected chi connectivity index (χ1v) is 8.48. The van der Waals surface area contributed by atoms with E-state index in [1.807, 2.05) is 30.0 Å². The number of halogens is 1. The van der Waals surface area contributed by atoms with Crippen molar-refractivity contribution in [2.45, 2.75) is 36.9 Å². The zero-order valence-corrected chi connectivity index (χ0v) is 13.8. The van der Waals surface area contributed by atoms with Crippen LogP contribution in [0.1, 0.15) is 37.9 Å². The largest absolute Gasteiger partial charge is 0.342 e. The van der Waals surface area contributed by atoms with Crippen molar-refractivity contribution in [2.24, 2.45) is 0 Å². The number of para-hydroxylation sites is 2. The van der Waals surface area contributed by atoms with Gasteiger partial charge in [-0.15, -0.1) is 0 Å². The zero-order valence-electron chi connectivity index (χ0n) is 12.2. The van der Waals surface area contributed by atoms with Crippen LogP contribution in [-0.4, -0.2) is 38.7 Å². The summed E-state index contributed by atoms with van der Waals surface area (Å²) < 4.78 is 0. The van der Waals surface area contributed by atoms with Gasteiger partial charge in [-0.2, -0.15) is 0 Å². The van der Waals surface area contributed by atoms with Crippen molar-refractivity contribution in [3.63, 3.8) is 0 Å². The third-order valence-electron chi connectivity index (χ3n) is 4.23. The van der Waals surface area contributed by atoms with Crippen LogP contribution in [0, 0.1) is 0 Å². The highest BCUT2D eigenvalue weighted by Crippen LogP contribution is 2.28. The molecule has 1 aromatic carbocycles. The van der Waals surface area contributed by atoms with Crippen LogP contribution < -0.4 is 0 Å². The molecule has 1 aliphatic heterocycles. The Morgan fingerprint density at radius 3 is 2.81 bits per heavy atom. The maximum Gasteiger partial charge on any atom is 0.236 e. The molecule has 0 radical (unpaired) electrons. The Bertz CT molecular complexity index is 598. The number of alkyl halides is 1. The van der Waals surface area contributed by atoms with Crippen LogP contribution in [-0.2, 0) is 4.79 Å². The van der Waals surface area contributed by atoms with Gasteiger partial charge in [-0.25, -0.2) is 4.98 Å². The van der Waals surface area contributed by atoms with Gasteiger partial charge in [-0.1, -0.05) is 35.0 Å². The number of likely N-dealkylation sites (tertiary alicyclic amines) is 1. The average molecular weight is 350 g/mol. The van der Waals surface area contributed by atoms with Gasteiger partial charge in [0, 0.05) is 19.0 Å². The van der Waals surface area contributed by atoms with Crippen molar-refractivity contribution in [1.82, 2.24) is 14.9 Å². The SMILES string of the molecule is CCC(Br)C(=O)N1CCC(c2nc3ccccc3[nH]2)CC1. The number of rotatable bonds is 3. The molecular weight excluding hydrogens is 330 g/mol. The Morgan fingerprint density at radius 1 is 1.43 bits per heavy atom. The molecule has 4 nitrogen and oxygen atoms in total. The number of carbonyl (C=O) groups excluding carboxylic acids is 1. The van der Waals surface area contributed by atoms with Crippen molar-refractivity contribution >= 4 is 32.9 Å². The molecule has 1 amide bonds. The van der Waals surface area contributed by atoms with Gasteiger partial charge in [0.1, 0.15) is 5.82 Å². The van der Waals surface area contributed by atoms with E-state index < -0.39 is 0 Å². The molecule has 1 atom stereocenters. The molecule has 1 aliphatic rings. The fourth-order valence-electron chi connectivity index (χ4n) is 2.91. The number of hydrogen-bond acceptors (Lipinski definition) is 2. The first-order valence-electron chi connectivity index (χ1n) is 7.56. The second kappa shape index (κ2) is 6.18. The number of amides is 1. The third kappa shape index (κ3) is 2.98. The fraction of sp³-hybridized carbons (Fsp3) is 0.500. The number of nitrogens with zero attached hydrogens (tertiary/aromatic N) is 2. The quantitative estimate of drug-likeness (QED) is 0.862. The monoisotopic (exact) mass is 349 g/mol. The van der Waals surface area contributed by atoms with E-state index in [2.05, 4.69) is 32.0 Å². The second-order valence-corrected chi connectivity index (χ2v) is 6.72. The van der Waals surface area contributed by atoms with Crippen molar-refractivity contribution in [1.29, 1.82) is 0 Å². The highest BCUT2D eigenvalue weighted by molar-refractivity contribution is 9.10. The Balaban J connectivity index is 1.67. The van der Waals surface area contributed by atoms with Crippen LogP contribution in [0.4, 0.5) is 0 Å². The number of benzene rings is 1. The molecule has 1 unspecified atom stereocenters. The molecular formula is C16H20BrN3O. The molecule has 0 bridgehead atoms. The summed E-state index contributed by atoms with van der Waals surface area (Å²) in [4.78, 5) is 22.2. The van der Waals surface area contributed by atoms with Gasteiger partial charge in [0.15, 0.2) is 0 Å². The molecule has 2 heterocycles. The van der Waals surface area contributed by atoms with Crippen LogP contribution in [0.25, 0.3) is 11.0 Å². The van der Waals surface area contributed by atoms with Crippen molar-refractivity contribution < 1.29 is 4.79 Å². The van der Waals surface area contributed by atoms with Crippen LogP contribution >= 0.6 is 15.9 Å². The predicted octanol–water partition coefficient (Wildman–Crippen LogP) is 3.44. The van der Waals surface area contributed by atoms with Crippen LogP contribution in [0.3, 0.4) is 0 Å². The summed E-state index contributed by atoms with van der Waals surface area (Å²) in [6.45, 7) is 3.67. The molecule has 5 heteroatoms. The van der Waals surface area contributed by atoms with Crippen LogP contribution in [0.2, 0.25) is 0 Å². The topological polar surface area (TPSA) is 49.0 Å². The fourth-order valence-corrected chi connectivity index (χ4v) is 3.20. The summed E-state index contributed by atoms with van der Waals surface area (Å²) in [7, 11) is 0. The summed E-state index contributed by atoms with van der Waals surface area (Å²) >= 11 is 3.45. The Morgan fingerprint density at radius 2 is 2.14 bits per heavy atom. The highest BCUT2D eigenvalue weighted by atomic mass is 79.9. The first kappa shape index (κ1) is 14.6. The Kier molecular flexibility index (Phi) is 4.29. The number of aromatic amines is 1. The van der Waals surface area contributed by atoms with E-state index in [9.17, 15) is 4.79 Å². The summed E-state index contributed by atoms with van der Waals surface area (Å²) in [6.07, 6.45) is 2.80. The molecule has 1 N–H and O–H groups in total. The van der Waals surface area contributed by atoms with Gasteiger partial charge < -0.3 is 9.88 Å². The number of aromatic nitrogens is 2. The molecule has 21 heavy (non-hydrogen) atoms. The number of imidazole rings is 1. The molecule has 3 rings (SSSR count). The maximum atomic E-state index is 12.2. The molecule has 112 valence electrons. The van der Waals surface area contributed by atoms with Crippen LogP contribution in [0.15, 0.2) is 24.3 Å². The summed E-state index contributed by atoms with van der Waals surface area (Å²) in [5, 5.41) is 0. The minimum atomic E-state index is -0.0414. The van der Waals surface area contributed by atoms with E-state index in [1.165, 1.54) is 0 Å². The molecule has 1 aromatic heterocycles. The first-order chi connectivity index (χ1) is 10.2. The van der Waals surface area contributed by atoms with Crippen molar-refractivity contribution in [2.75, 3.05) is 13.1 Å². The average Bonchev–Trinajstić information content (AvgIpc) is 2.97. The van der Waals surface area contributed by atoms with E-state index in [4.69, 9.17) is 0 Å². The van der Waals surface area contributed by atoms with E-state index in [-0.39, 0.29) is 10.7 Å². The zero-order chi connectivity index (χ0) is 14.8. The van der Waals surface area contributed by atoms with Gasteiger partial charge in [0.25, 0.3) is 0 Å². The second-order valence-electron chi connectivity index (χ2n) is 5.61. The summed E-state index contributed by atoms with van der Waals surface area (Å²) in [6, 6.07) is 8.12. The lowest BCUT2D eigenvalue weighted by molar-refractivity contribution is -0.131. The molecule has 0 saturated carbocycles. The highest BCUT2D eigenvalue weighted by Gasteiger charge is 2.27. The summed E-state index contributed by atoms with van der Waals surface area (Å²) in [5.74, 6) is 1.71. The van der Waals surface area contributed by atoms with Gasteiger partial charge in [0.05, 0.1) is 15.9 Å². The summed E-state index contributed by atoms with van der Waals surface area (Å²) in [5.41, 5.74) is 2.12. The van der Waals surface area contributed by atoms with Gasteiger partial charge in [-0.3, -0.25) is 4.79 Å². The van der Waals surface area contributed by atoms with E-state index in [0.29, 0.717) is 5.92 Å². The number of hydrogen-bond donors (Lipinski definition) is 1. The standard InChI is InChI=1S/C16H20BrN3O/c1-2-12(17)16(21)20-9-7-11(8-10-20)15-18-13-5-3-4-6-14(13)19-15/h3-6,11-12H,2,7-10H2,1H3,(H,18,19). The van der Waals surface area contributed by atoms with Crippen molar-refractivity contribution in [3.05, 3.63) is 30.1 Å². The molecule has 1 saturated heterocycles. The number of nitrogens with one attached hydrogen (secondary N) is 1. The lowest BCUT2D eigenvalue weighted by Crippen LogP contribution is -2.41.